The van der Waals surface area contributed by atoms with Crippen LogP contribution in [0.1, 0.15) is 5.69 Å². The molecule has 144 valence electrons. The second-order valence-electron chi connectivity index (χ2n) is 5.86. The Morgan fingerprint density at radius 3 is 2.11 bits per heavy atom. The normalized spacial score (nSPS) is 10.8. The van der Waals surface area contributed by atoms with Gasteiger partial charge in [0.05, 0.1) is 30.4 Å². The first-order chi connectivity index (χ1) is 13.5. The summed E-state index contributed by atoms with van der Waals surface area (Å²) in [6.45, 7) is 7.04. The van der Waals surface area contributed by atoms with Crippen LogP contribution < -0.4 is 17.1 Å². The van der Waals surface area contributed by atoms with Gasteiger partial charge in [0.1, 0.15) is 5.01 Å². The highest BCUT2D eigenvalue weighted by Crippen LogP contribution is 2.30. The Morgan fingerprint density at radius 2 is 1.54 bits per heavy atom. The number of nitrogens with zero attached hydrogens (tertiary/aromatic N) is 4. The maximum atomic E-state index is 12.7. The van der Waals surface area contributed by atoms with Crippen molar-refractivity contribution in [3.8, 4) is 10.6 Å². The zero-order valence-corrected chi connectivity index (χ0v) is 16.4. The molecule has 0 saturated carbocycles. The molecule has 0 unspecified atom stereocenters. The molecule has 0 fully saturated rings. The van der Waals surface area contributed by atoms with E-state index in [9.17, 15) is 14.4 Å². The first kappa shape index (κ1) is 19.8. The minimum absolute atomic E-state index is 0.00295. The van der Waals surface area contributed by atoms with Crippen LogP contribution in [0.15, 0.2) is 69.3 Å². The molecule has 0 atom stereocenters. The fourth-order valence-corrected chi connectivity index (χ4v) is 3.82. The van der Waals surface area contributed by atoms with Crippen molar-refractivity contribution in [2.75, 3.05) is 0 Å². The first-order valence-electron chi connectivity index (χ1n) is 8.33. The van der Waals surface area contributed by atoms with Crippen molar-refractivity contribution in [2.24, 2.45) is 0 Å². The summed E-state index contributed by atoms with van der Waals surface area (Å²) in [4.78, 5) is 42.3. The number of aromatic nitrogens is 4. The lowest BCUT2D eigenvalue weighted by atomic mass is 10.2. The summed E-state index contributed by atoms with van der Waals surface area (Å²) in [6, 6.07) is 7.29. The van der Waals surface area contributed by atoms with Crippen LogP contribution >= 0.6 is 22.9 Å². The van der Waals surface area contributed by atoms with E-state index < -0.39 is 17.1 Å². The first-order valence-corrected chi connectivity index (χ1v) is 9.59. The molecule has 3 rings (SSSR count). The molecular formula is C19H17ClN4O3S. The molecule has 2 aromatic heterocycles. The minimum atomic E-state index is -0.706. The van der Waals surface area contributed by atoms with Gasteiger partial charge in [-0.1, -0.05) is 42.0 Å². The molecule has 0 aliphatic heterocycles. The molecule has 0 spiro atoms. The van der Waals surface area contributed by atoms with Crippen LogP contribution in [0.4, 0.5) is 0 Å². The minimum Gasteiger partial charge on any atom is -0.247 e. The molecule has 1 aromatic carbocycles. The van der Waals surface area contributed by atoms with Gasteiger partial charge in [0.15, 0.2) is 0 Å². The SMILES string of the molecule is C=CCn1c(=O)n(CC=C)c(=O)n(Cc2csc(-c3ccccc3Cl)n2)c1=O. The van der Waals surface area contributed by atoms with Gasteiger partial charge in [0.25, 0.3) is 0 Å². The van der Waals surface area contributed by atoms with Crippen molar-refractivity contribution in [3.63, 3.8) is 0 Å². The van der Waals surface area contributed by atoms with Gasteiger partial charge in [0, 0.05) is 10.9 Å². The van der Waals surface area contributed by atoms with Gasteiger partial charge in [0.2, 0.25) is 0 Å². The van der Waals surface area contributed by atoms with E-state index in [2.05, 4.69) is 18.1 Å². The van der Waals surface area contributed by atoms with E-state index in [1.807, 2.05) is 18.2 Å². The summed E-state index contributed by atoms with van der Waals surface area (Å²) in [5.41, 5.74) is -0.812. The second-order valence-corrected chi connectivity index (χ2v) is 7.12. The number of hydrogen-bond acceptors (Lipinski definition) is 5. The highest BCUT2D eigenvalue weighted by molar-refractivity contribution is 7.13. The fourth-order valence-electron chi connectivity index (χ4n) is 2.69. The third-order valence-electron chi connectivity index (χ3n) is 3.98. The number of hydrogen-bond donors (Lipinski definition) is 0. The zero-order chi connectivity index (χ0) is 20.3. The number of thiazole rings is 1. The molecule has 7 nitrogen and oxygen atoms in total. The molecular weight excluding hydrogens is 400 g/mol. The van der Waals surface area contributed by atoms with E-state index >= 15 is 0 Å². The summed E-state index contributed by atoms with van der Waals surface area (Å²) in [7, 11) is 0. The second kappa shape index (κ2) is 8.37. The Balaban J connectivity index is 2.08. The van der Waals surface area contributed by atoms with Crippen LogP contribution in [0.5, 0.6) is 0 Å². The van der Waals surface area contributed by atoms with Crippen molar-refractivity contribution in [1.82, 2.24) is 18.7 Å². The number of allylic oxidation sites excluding steroid dienone is 2. The topological polar surface area (TPSA) is 78.9 Å². The van der Waals surface area contributed by atoms with Gasteiger partial charge < -0.3 is 0 Å². The van der Waals surface area contributed by atoms with Crippen LogP contribution in [-0.4, -0.2) is 18.7 Å². The van der Waals surface area contributed by atoms with Crippen molar-refractivity contribution >= 4 is 22.9 Å². The Bertz CT molecular complexity index is 1170. The van der Waals surface area contributed by atoms with E-state index in [-0.39, 0.29) is 19.6 Å². The number of halogens is 1. The summed E-state index contributed by atoms with van der Waals surface area (Å²) in [5.74, 6) is 0. The Kier molecular flexibility index (Phi) is 5.91. The lowest BCUT2D eigenvalue weighted by Crippen LogP contribution is -2.54. The summed E-state index contributed by atoms with van der Waals surface area (Å²) < 4.78 is 2.90. The number of benzene rings is 1. The third-order valence-corrected chi connectivity index (χ3v) is 5.24. The molecule has 0 N–H and O–H groups in total. The smallest absolute Gasteiger partial charge is 0.247 e. The maximum absolute atomic E-state index is 12.7. The largest absolute Gasteiger partial charge is 0.336 e. The summed E-state index contributed by atoms with van der Waals surface area (Å²) >= 11 is 7.57. The predicted molar refractivity (Wildman–Crippen MR) is 111 cm³/mol. The van der Waals surface area contributed by atoms with Crippen molar-refractivity contribution in [2.45, 2.75) is 19.6 Å². The quantitative estimate of drug-likeness (QED) is 0.554. The van der Waals surface area contributed by atoms with Gasteiger partial charge in [-0.3, -0.25) is 0 Å². The summed E-state index contributed by atoms with van der Waals surface area (Å²) in [6.07, 6.45) is 2.85. The van der Waals surface area contributed by atoms with E-state index in [0.29, 0.717) is 15.7 Å². The van der Waals surface area contributed by atoms with Crippen molar-refractivity contribution in [1.29, 1.82) is 0 Å². The van der Waals surface area contributed by atoms with Gasteiger partial charge in [-0.15, -0.1) is 24.5 Å². The van der Waals surface area contributed by atoms with Gasteiger partial charge in [-0.2, -0.15) is 0 Å². The average molecular weight is 417 g/mol. The van der Waals surface area contributed by atoms with Gasteiger partial charge in [-0.05, 0) is 6.07 Å². The highest BCUT2D eigenvalue weighted by Gasteiger charge is 2.16. The Labute approximate surface area is 169 Å². The molecule has 0 aliphatic carbocycles. The van der Waals surface area contributed by atoms with Crippen LogP contribution in [0.3, 0.4) is 0 Å². The molecule has 3 aromatic rings. The molecule has 0 amide bonds. The third kappa shape index (κ3) is 3.69. The monoisotopic (exact) mass is 416 g/mol. The molecule has 28 heavy (non-hydrogen) atoms. The fraction of sp³-hybridized carbons (Fsp3) is 0.158. The van der Waals surface area contributed by atoms with Crippen LogP contribution in [0, 0.1) is 0 Å². The highest BCUT2D eigenvalue weighted by atomic mass is 35.5. The van der Waals surface area contributed by atoms with Gasteiger partial charge in [-0.25, -0.2) is 33.1 Å². The standard InChI is InChI=1S/C19H17ClN4O3S/c1-3-9-22-17(25)23(10-4-2)19(27)24(18(22)26)11-13-12-28-16(21-13)14-7-5-6-8-15(14)20/h3-8,12H,1-2,9-11H2. The van der Waals surface area contributed by atoms with Crippen molar-refractivity contribution in [3.05, 3.63) is 97.1 Å². The maximum Gasteiger partial charge on any atom is 0.336 e. The molecule has 0 radical (unpaired) electrons. The van der Waals surface area contributed by atoms with Crippen LogP contribution in [0.2, 0.25) is 5.02 Å². The van der Waals surface area contributed by atoms with Crippen LogP contribution in [-0.2, 0) is 19.6 Å². The molecule has 2 heterocycles. The van der Waals surface area contributed by atoms with E-state index in [0.717, 1.165) is 19.3 Å². The van der Waals surface area contributed by atoms with E-state index in [4.69, 9.17) is 11.6 Å². The zero-order valence-electron chi connectivity index (χ0n) is 14.9. The van der Waals surface area contributed by atoms with Gasteiger partial charge >= 0.3 is 17.1 Å². The number of rotatable bonds is 7. The average Bonchev–Trinajstić information content (AvgIpc) is 3.14. The van der Waals surface area contributed by atoms with E-state index in [1.54, 1.807) is 11.4 Å². The van der Waals surface area contributed by atoms with Crippen molar-refractivity contribution < 1.29 is 0 Å². The van der Waals surface area contributed by atoms with Crippen LogP contribution in [0.25, 0.3) is 10.6 Å². The predicted octanol–water partition coefficient (Wildman–Crippen LogP) is 2.37. The molecule has 9 heteroatoms. The Hall–Kier alpha value is -2.97. The lowest BCUT2D eigenvalue weighted by molar-refractivity contribution is 0.496. The van der Waals surface area contributed by atoms with E-state index in [1.165, 1.54) is 23.5 Å². The molecule has 0 aliphatic rings. The lowest BCUT2D eigenvalue weighted by Gasteiger charge is -2.11. The Morgan fingerprint density at radius 1 is 0.964 bits per heavy atom. The molecule has 0 bridgehead atoms. The molecule has 0 saturated heterocycles. The summed E-state index contributed by atoms with van der Waals surface area (Å²) in [5, 5.41) is 3.00.